The van der Waals surface area contributed by atoms with Gasteiger partial charge in [-0.2, -0.15) is 13.2 Å². The van der Waals surface area contributed by atoms with Crippen molar-refractivity contribution in [3.63, 3.8) is 0 Å². The second-order valence-electron chi connectivity index (χ2n) is 5.86. The molecule has 6 nitrogen and oxygen atoms in total. The van der Waals surface area contributed by atoms with Crippen LogP contribution in [-0.4, -0.2) is 40.0 Å². The summed E-state index contributed by atoms with van der Waals surface area (Å²) in [5.74, 6) is 0.207. The van der Waals surface area contributed by atoms with E-state index in [1.807, 2.05) is 4.90 Å². The fraction of sp³-hybridized carbons (Fsp3) is 0.375. The molecule has 2 aromatic heterocycles. The largest absolute Gasteiger partial charge is 0.417 e. The molecule has 1 N–H and O–H groups in total. The van der Waals surface area contributed by atoms with Gasteiger partial charge in [0.2, 0.25) is 0 Å². The van der Waals surface area contributed by atoms with Crippen molar-refractivity contribution in [2.45, 2.75) is 25.1 Å². The summed E-state index contributed by atoms with van der Waals surface area (Å²) in [5.41, 5.74) is -0.491. The van der Waals surface area contributed by atoms with Gasteiger partial charge in [-0.3, -0.25) is 4.79 Å². The Morgan fingerprint density at radius 1 is 1.27 bits per heavy atom. The standard InChI is InChI=1S/C16H15BrF3N5O/c17-12-7-10(16(18,19)20)8-22-14(12)25-5-2-11(3-6-25)24-15(26)13-1-4-21-9-23-13/h1,4,7-9,11H,2-3,5-6H2,(H,24,26). The minimum absolute atomic E-state index is 0.0260. The highest BCUT2D eigenvalue weighted by Crippen LogP contribution is 2.34. The molecular weight excluding hydrogens is 415 g/mol. The lowest BCUT2D eigenvalue weighted by molar-refractivity contribution is -0.137. The first-order chi connectivity index (χ1) is 12.3. The molecule has 3 rings (SSSR count). The molecule has 0 saturated carbocycles. The van der Waals surface area contributed by atoms with Gasteiger partial charge in [0.05, 0.1) is 10.0 Å². The molecule has 10 heteroatoms. The third kappa shape index (κ3) is 4.29. The molecule has 0 aliphatic carbocycles. The van der Waals surface area contributed by atoms with E-state index in [0.29, 0.717) is 41.9 Å². The van der Waals surface area contributed by atoms with Crippen LogP contribution < -0.4 is 10.2 Å². The molecule has 3 heterocycles. The Hall–Kier alpha value is -2.23. The lowest BCUT2D eigenvalue weighted by atomic mass is 10.0. The maximum Gasteiger partial charge on any atom is 0.417 e. The molecule has 0 radical (unpaired) electrons. The molecule has 0 spiro atoms. The van der Waals surface area contributed by atoms with E-state index in [1.165, 1.54) is 18.6 Å². The number of pyridine rings is 1. The van der Waals surface area contributed by atoms with Crippen molar-refractivity contribution < 1.29 is 18.0 Å². The van der Waals surface area contributed by atoms with Gasteiger partial charge in [-0.15, -0.1) is 0 Å². The van der Waals surface area contributed by atoms with Crippen molar-refractivity contribution in [2.24, 2.45) is 0 Å². The van der Waals surface area contributed by atoms with Crippen LogP contribution in [0.2, 0.25) is 0 Å². The fourth-order valence-corrected chi connectivity index (χ4v) is 3.34. The SMILES string of the molecule is O=C(NC1CCN(c2ncc(C(F)(F)F)cc2Br)CC1)c1ccncn1. The van der Waals surface area contributed by atoms with Gasteiger partial charge in [0.1, 0.15) is 17.8 Å². The van der Waals surface area contributed by atoms with E-state index in [1.54, 1.807) is 0 Å². The van der Waals surface area contributed by atoms with Crippen LogP contribution in [0, 0.1) is 0 Å². The number of piperidine rings is 1. The maximum absolute atomic E-state index is 12.7. The van der Waals surface area contributed by atoms with Crippen LogP contribution in [0.25, 0.3) is 0 Å². The Morgan fingerprint density at radius 3 is 2.58 bits per heavy atom. The topological polar surface area (TPSA) is 71.0 Å². The molecule has 138 valence electrons. The molecule has 1 amide bonds. The van der Waals surface area contributed by atoms with E-state index in [4.69, 9.17) is 0 Å². The predicted octanol–water partition coefficient (Wildman–Crippen LogP) is 3.05. The van der Waals surface area contributed by atoms with E-state index in [2.05, 4.69) is 36.2 Å². The zero-order chi connectivity index (χ0) is 18.7. The van der Waals surface area contributed by atoms with Crippen molar-refractivity contribution in [2.75, 3.05) is 18.0 Å². The molecule has 1 saturated heterocycles. The van der Waals surface area contributed by atoms with Crippen molar-refractivity contribution in [1.82, 2.24) is 20.3 Å². The molecule has 0 unspecified atom stereocenters. The van der Waals surface area contributed by atoms with Crippen LogP contribution >= 0.6 is 15.9 Å². The van der Waals surface area contributed by atoms with Crippen LogP contribution in [0.4, 0.5) is 19.0 Å². The summed E-state index contributed by atoms with van der Waals surface area (Å²) in [4.78, 5) is 25.6. The van der Waals surface area contributed by atoms with E-state index in [9.17, 15) is 18.0 Å². The van der Waals surface area contributed by atoms with Gasteiger partial charge < -0.3 is 10.2 Å². The molecule has 1 fully saturated rings. The molecule has 1 aliphatic heterocycles. The number of hydrogen-bond donors (Lipinski definition) is 1. The number of aromatic nitrogens is 3. The Labute approximate surface area is 156 Å². The lowest BCUT2D eigenvalue weighted by Gasteiger charge is -2.33. The number of nitrogens with one attached hydrogen (secondary N) is 1. The van der Waals surface area contributed by atoms with Crippen LogP contribution in [0.1, 0.15) is 28.9 Å². The molecule has 0 aromatic carbocycles. The van der Waals surface area contributed by atoms with Crippen molar-refractivity contribution >= 4 is 27.7 Å². The third-order valence-electron chi connectivity index (χ3n) is 4.09. The number of amides is 1. The molecule has 1 aliphatic rings. The molecule has 0 atom stereocenters. The second-order valence-corrected chi connectivity index (χ2v) is 6.71. The van der Waals surface area contributed by atoms with Crippen molar-refractivity contribution in [3.05, 3.63) is 46.6 Å². The highest BCUT2D eigenvalue weighted by molar-refractivity contribution is 9.10. The predicted molar refractivity (Wildman–Crippen MR) is 91.7 cm³/mol. The zero-order valence-corrected chi connectivity index (χ0v) is 15.1. The summed E-state index contributed by atoms with van der Waals surface area (Å²) >= 11 is 3.17. The summed E-state index contributed by atoms with van der Waals surface area (Å²) < 4.78 is 38.5. The first-order valence-corrected chi connectivity index (χ1v) is 8.68. The van der Waals surface area contributed by atoms with Gasteiger partial charge in [0.15, 0.2) is 0 Å². The number of rotatable bonds is 3. The third-order valence-corrected chi connectivity index (χ3v) is 4.68. The minimum atomic E-state index is -4.42. The van der Waals surface area contributed by atoms with Crippen LogP contribution in [0.3, 0.4) is 0 Å². The molecule has 0 bridgehead atoms. The molecule has 26 heavy (non-hydrogen) atoms. The second kappa shape index (κ2) is 7.56. The number of halogens is 4. The van der Waals surface area contributed by atoms with Crippen LogP contribution in [0.5, 0.6) is 0 Å². The highest BCUT2D eigenvalue weighted by atomic mass is 79.9. The normalized spacial score (nSPS) is 15.8. The Bertz CT molecular complexity index is 779. The average Bonchev–Trinajstić information content (AvgIpc) is 2.62. The first-order valence-electron chi connectivity index (χ1n) is 7.89. The summed E-state index contributed by atoms with van der Waals surface area (Å²) in [6.45, 7) is 1.15. The van der Waals surface area contributed by atoms with Crippen LogP contribution in [-0.2, 0) is 6.18 Å². The van der Waals surface area contributed by atoms with E-state index in [0.717, 1.165) is 12.3 Å². The molecule has 2 aromatic rings. The summed E-state index contributed by atoms with van der Waals surface area (Å²) in [7, 11) is 0. The fourth-order valence-electron chi connectivity index (χ4n) is 2.74. The monoisotopic (exact) mass is 429 g/mol. The Kier molecular flexibility index (Phi) is 5.40. The zero-order valence-electron chi connectivity index (χ0n) is 13.5. The number of nitrogens with zero attached hydrogens (tertiary/aromatic N) is 4. The quantitative estimate of drug-likeness (QED) is 0.811. The summed E-state index contributed by atoms with van der Waals surface area (Å²) in [5, 5.41) is 2.91. The van der Waals surface area contributed by atoms with Gasteiger partial charge >= 0.3 is 6.18 Å². The lowest BCUT2D eigenvalue weighted by Crippen LogP contribution is -2.45. The van der Waals surface area contributed by atoms with Crippen molar-refractivity contribution in [1.29, 1.82) is 0 Å². The van der Waals surface area contributed by atoms with Crippen molar-refractivity contribution in [3.8, 4) is 0 Å². The van der Waals surface area contributed by atoms with E-state index in [-0.39, 0.29) is 11.9 Å². The summed E-state index contributed by atoms with van der Waals surface area (Å²) in [6, 6.07) is 2.54. The Morgan fingerprint density at radius 2 is 2.00 bits per heavy atom. The van der Waals surface area contributed by atoms with Gasteiger partial charge in [-0.05, 0) is 40.9 Å². The number of carbonyl (C=O) groups excluding carboxylic acids is 1. The molecular formula is C16H15BrF3N5O. The van der Waals surface area contributed by atoms with Gasteiger partial charge in [-0.1, -0.05) is 0 Å². The smallest absolute Gasteiger partial charge is 0.356 e. The minimum Gasteiger partial charge on any atom is -0.356 e. The van der Waals surface area contributed by atoms with E-state index < -0.39 is 11.7 Å². The van der Waals surface area contributed by atoms with Gasteiger partial charge in [0.25, 0.3) is 5.91 Å². The maximum atomic E-state index is 12.7. The highest BCUT2D eigenvalue weighted by Gasteiger charge is 2.32. The van der Waals surface area contributed by atoms with Crippen LogP contribution in [0.15, 0.2) is 35.3 Å². The van der Waals surface area contributed by atoms with E-state index >= 15 is 0 Å². The number of alkyl halides is 3. The van der Waals surface area contributed by atoms with Gasteiger partial charge in [0, 0.05) is 31.5 Å². The Balaban J connectivity index is 1.59. The number of anilines is 1. The number of carbonyl (C=O) groups is 1. The summed E-state index contributed by atoms with van der Waals surface area (Å²) in [6.07, 6.45) is 0.539. The first kappa shape index (κ1) is 18.6. The van der Waals surface area contributed by atoms with Gasteiger partial charge in [-0.25, -0.2) is 15.0 Å². The number of hydrogen-bond acceptors (Lipinski definition) is 5. The average molecular weight is 430 g/mol.